The lowest BCUT2D eigenvalue weighted by Crippen LogP contribution is -2.42. The first-order valence-electron chi connectivity index (χ1n) is 10.7. The topological polar surface area (TPSA) is 90.2 Å². The number of benzene rings is 2. The molecule has 1 atom stereocenters. The molecule has 178 valence electrons. The van der Waals surface area contributed by atoms with Crippen molar-refractivity contribution in [2.75, 3.05) is 27.3 Å². The smallest absolute Gasteiger partial charge is 0.252 e. The summed E-state index contributed by atoms with van der Waals surface area (Å²) in [7, 11) is -0.617. The minimum atomic E-state index is -3.73. The zero-order valence-corrected chi connectivity index (χ0v) is 20.6. The monoisotopic (exact) mass is 499 g/mol. The normalized spacial score (nSPS) is 17.4. The van der Waals surface area contributed by atoms with E-state index in [2.05, 4.69) is 10.9 Å². The number of methoxy groups -OCH3 is 2. The van der Waals surface area contributed by atoms with Crippen molar-refractivity contribution in [3.8, 4) is 23.8 Å². The number of nitrogens with zero attached hydrogens (tertiary/aromatic N) is 3. The SMILES string of the molecule is C#CCn1c(=NC(=O)C2CCCN(S(=O)(=O)c3ccc(OC)cc3)C2)sc2cc(OC)ccc21. The summed E-state index contributed by atoms with van der Waals surface area (Å²) in [4.78, 5) is 18.2. The van der Waals surface area contributed by atoms with Crippen LogP contribution in [0.3, 0.4) is 0 Å². The molecule has 2 aromatic carbocycles. The first kappa shape index (κ1) is 24.0. The molecule has 2 heterocycles. The summed E-state index contributed by atoms with van der Waals surface area (Å²) >= 11 is 1.35. The van der Waals surface area contributed by atoms with Gasteiger partial charge in [-0.2, -0.15) is 9.30 Å². The molecular weight excluding hydrogens is 474 g/mol. The van der Waals surface area contributed by atoms with E-state index in [1.54, 1.807) is 19.2 Å². The standard InChI is InChI=1S/C24H25N3O5S2/c1-4-13-27-21-12-9-19(32-3)15-22(21)33-24(27)25-23(28)17-6-5-14-26(16-17)34(29,30)20-10-7-18(31-2)8-11-20/h1,7-12,15,17H,5-6,13-14,16H2,2-3H3. The molecule has 0 saturated carbocycles. The van der Waals surface area contributed by atoms with E-state index >= 15 is 0 Å². The van der Waals surface area contributed by atoms with Gasteiger partial charge in [-0.15, -0.1) is 6.42 Å². The highest BCUT2D eigenvalue weighted by Crippen LogP contribution is 2.26. The van der Waals surface area contributed by atoms with E-state index in [1.165, 1.54) is 34.9 Å². The first-order chi connectivity index (χ1) is 16.4. The summed E-state index contributed by atoms with van der Waals surface area (Å²) in [6.45, 7) is 0.712. The van der Waals surface area contributed by atoms with Gasteiger partial charge < -0.3 is 14.0 Å². The quantitative estimate of drug-likeness (QED) is 0.487. The molecule has 34 heavy (non-hydrogen) atoms. The Balaban J connectivity index is 1.61. The number of rotatable bonds is 6. The summed E-state index contributed by atoms with van der Waals surface area (Å²) in [6, 6.07) is 11.8. The summed E-state index contributed by atoms with van der Waals surface area (Å²) in [6.07, 6.45) is 6.70. The molecular formula is C24H25N3O5S2. The number of fused-ring (bicyclic) bond motifs is 1. The predicted molar refractivity (Wildman–Crippen MR) is 130 cm³/mol. The summed E-state index contributed by atoms with van der Waals surface area (Å²) in [5.41, 5.74) is 0.864. The molecule has 1 aromatic heterocycles. The second kappa shape index (κ2) is 10.0. The summed E-state index contributed by atoms with van der Waals surface area (Å²) < 4.78 is 40.7. The number of piperidine rings is 1. The molecule has 1 amide bonds. The van der Waals surface area contributed by atoms with Gasteiger partial charge in [0.15, 0.2) is 4.80 Å². The van der Waals surface area contributed by atoms with Gasteiger partial charge >= 0.3 is 0 Å². The Labute approximate surface area is 202 Å². The van der Waals surface area contributed by atoms with Crippen LogP contribution in [0.1, 0.15) is 12.8 Å². The van der Waals surface area contributed by atoms with E-state index in [-0.39, 0.29) is 23.9 Å². The Morgan fingerprint density at radius 3 is 2.56 bits per heavy atom. The van der Waals surface area contributed by atoms with Crippen LogP contribution in [0.4, 0.5) is 0 Å². The third kappa shape index (κ3) is 4.73. The number of aromatic nitrogens is 1. The van der Waals surface area contributed by atoms with E-state index in [9.17, 15) is 13.2 Å². The third-order valence-electron chi connectivity index (χ3n) is 5.78. The van der Waals surface area contributed by atoms with Crippen molar-refractivity contribution >= 4 is 37.5 Å². The molecule has 0 aliphatic carbocycles. The largest absolute Gasteiger partial charge is 0.497 e. The van der Waals surface area contributed by atoms with Crippen molar-refractivity contribution in [2.45, 2.75) is 24.3 Å². The maximum absolute atomic E-state index is 13.1. The lowest BCUT2D eigenvalue weighted by atomic mass is 9.99. The van der Waals surface area contributed by atoms with E-state index in [0.717, 1.165) is 10.2 Å². The molecule has 0 N–H and O–H groups in total. The molecule has 0 radical (unpaired) electrons. The molecule has 1 saturated heterocycles. The van der Waals surface area contributed by atoms with Crippen molar-refractivity contribution in [3.05, 3.63) is 47.3 Å². The molecule has 8 nitrogen and oxygen atoms in total. The third-order valence-corrected chi connectivity index (χ3v) is 8.70. The fraction of sp³-hybridized carbons (Fsp3) is 0.333. The Morgan fingerprint density at radius 1 is 1.18 bits per heavy atom. The van der Waals surface area contributed by atoms with Gasteiger partial charge in [-0.25, -0.2) is 8.42 Å². The molecule has 10 heteroatoms. The molecule has 1 aliphatic heterocycles. The number of sulfonamides is 1. The second-order valence-corrected chi connectivity index (χ2v) is 10.8. The van der Waals surface area contributed by atoms with Crippen molar-refractivity contribution in [1.29, 1.82) is 0 Å². The van der Waals surface area contributed by atoms with Crippen LogP contribution in [0.2, 0.25) is 0 Å². The number of terminal acetylenes is 1. The first-order valence-corrected chi connectivity index (χ1v) is 13.0. The van der Waals surface area contributed by atoms with Crippen molar-refractivity contribution in [2.24, 2.45) is 10.9 Å². The Kier molecular flexibility index (Phi) is 7.07. The number of thiazole rings is 1. The predicted octanol–water partition coefficient (Wildman–Crippen LogP) is 2.88. The van der Waals surface area contributed by atoms with Crippen LogP contribution >= 0.6 is 11.3 Å². The van der Waals surface area contributed by atoms with Crippen molar-refractivity contribution in [1.82, 2.24) is 8.87 Å². The number of hydrogen-bond donors (Lipinski definition) is 0. The summed E-state index contributed by atoms with van der Waals surface area (Å²) in [5, 5.41) is 0. The zero-order valence-electron chi connectivity index (χ0n) is 18.9. The van der Waals surface area contributed by atoms with E-state index in [0.29, 0.717) is 35.7 Å². The highest BCUT2D eigenvalue weighted by atomic mass is 32.2. The highest BCUT2D eigenvalue weighted by molar-refractivity contribution is 7.89. The zero-order chi connectivity index (χ0) is 24.3. The van der Waals surface area contributed by atoms with Gasteiger partial charge in [0.05, 0.1) is 41.8 Å². The summed E-state index contributed by atoms with van der Waals surface area (Å²) in [5.74, 6) is 3.01. The lowest BCUT2D eigenvalue weighted by molar-refractivity contribution is -0.122. The van der Waals surface area contributed by atoms with Crippen LogP contribution in [-0.4, -0.2) is 50.5 Å². The van der Waals surface area contributed by atoms with Gasteiger partial charge in [0.25, 0.3) is 5.91 Å². The number of carbonyl (C=O) groups is 1. The number of amides is 1. The van der Waals surface area contributed by atoms with Gasteiger partial charge in [0.2, 0.25) is 10.0 Å². The van der Waals surface area contributed by atoms with Gasteiger partial charge in [-0.05, 0) is 55.3 Å². The van der Waals surface area contributed by atoms with Crippen molar-refractivity contribution in [3.63, 3.8) is 0 Å². The molecule has 0 spiro atoms. The van der Waals surface area contributed by atoms with Crippen molar-refractivity contribution < 1.29 is 22.7 Å². The van der Waals surface area contributed by atoms with Crippen LogP contribution in [-0.2, 0) is 21.4 Å². The van der Waals surface area contributed by atoms with Gasteiger partial charge in [-0.3, -0.25) is 4.79 Å². The van der Waals surface area contributed by atoms with Crippen LogP contribution in [0.15, 0.2) is 52.4 Å². The minimum Gasteiger partial charge on any atom is -0.497 e. The molecule has 1 unspecified atom stereocenters. The Bertz CT molecular complexity index is 1420. The molecule has 4 rings (SSSR count). The fourth-order valence-corrected chi connectivity index (χ4v) is 6.54. The second-order valence-electron chi connectivity index (χ2n) is 7.84. The number of hydrogen-bond acceptors (Lipinski definition) is 6. The van der Waals surface area contributed by atoms with Crippen LogP contribution in [0, 0.1) is 18.3 Å². The Morgan fingerprint density at radius 2 is 1.88 bits per heavy atom. The van der Waals surface area contributed by atoms with Crippen LogP contribution in [0.25, 0.3) is 10.2 Å². The maximum atomic E-state index is 13.1. The molecule has 1 fully saturated rings. The van der Waals surface area contributed by atoms with Gasteiger partial charge in [0, 0.05) is 13.1 Å². The maximum Gasteiger partial charge on any atom is 0.252 e. The molecule has 0 bridgehead atoms. The van der Waals surface area contributed by atoms with E-state index < -0.39 is 15.9 Å². The lowest BCUT2D eigenvalue weighted by Gasteiger charge is -2.30. The molecule has 1 aliphatic rings. The number of ether oxygens (including phenoxy) is 2. The minimum absolute atomic E-state index is 0.0878. The van der Waals surface area contributed by atoms with E-state index in [1.807, 2.05) is 22.8 Å². The Hall–Kier alpha value is -3.13. The fourth-order valence-electron chi connectivity index (χ4n) is 3.95. The highest BCUT2D eigenvalue weighted by Gasteiger charge is 2.33. The van der Waals surface area contributed by atoms with Crippen LogP contribution in [0.5, 0.6) is 11.5 Å². The number of carbonyl (C=O) groups excluding carboxylic acids is 1. The average molecular weight is 500 g/mol. The van der Waals surface area contributed by atoms with E-state index in [4.69, 9.17) is 15.9 Å². The van der Waals surface area contributed by atoms with Crippen LogP contribution < -0.4 is 14.3 Å². The van der Waals surface area contributed by atoms with Gasteiger partial charge in [0.1, 0.15) is 11.5 Å². The average Bonchev–Trinajstić information content (AvgIpc) is 3.20. The van der Waals surface area contributed by atoms with Gasteiger partial charge in [-0.1, -0.05) is 17.3 Å². The molecule has 3 aromatic rings.